The number of nitrogens with zero attached hydrogens (tertiary/aromatic N) is 2. The van der Waals surface area contributed by atoms with Gasteiger partial charge in [0.25, 0.3) is 0 Å². The molecule has 0 saturated heterocycles. The zero-order chi connectivity index (χ0) is 21.7. The molecule has 2 nitrogen and oxygen atoms in total. The summed E-state index contributed by atoms with van der Waals surface area (Å²) in [6.45, 7) is 0. The molecule has 1 aliphatic rings. The molecular weight excluding hydrogens is 466 g/mol. The van der Waals surface area contributed by atoms with Crippen LogP contribution in [-0.2, 0) is 0 Å². The number of para-hydroxylation sites is 2. The predicted octanol–water partition coefficient (Wildman–Crippen LogP) is 8.93. The largest absolute Gasteiger partial charge is 0.336 e. The van der Waals surface area contributed by atoms with Crippen LogP contribution in [0.2, 0.25) is 0 Å². The summed E-state index contributed by atoms with van der Waals surface area (Å²) in [5.74, 6) is 0. The van der Waals surface area contributed by atoms with Gasteiger partial charge in [0.1, 0.15) is 0 Å². The Morgan fingerprint density at radius 1 is 0.688 bits per heavy atom. The number of fused-ring (bicyclic) bond motifs is 5. The van der Waals surface area contributed by atoms with E-state index >= 15 is 0 Å². The van der Waals surface area contributed by atoms with Crippen LogP contribution in [0.1, 0.15) is 44.6 Å². The Balaban J connectivity index is 1.68. The number of benzene rings is 3. The van der Waals surface area contributed by atoms with E-state index in [9.17, 15) is 0 Å². The van der Waals surface area contributed by atoms with Crippen LogP contribution in [0.3, 0.4) is 0 Å². The molecule has 0 amide bonds. The molecule has 2 aromatic heterocycles. The molecule has 0 radical (unpaired) electrons. The molecule has 6 rings (SSSR count). The second-order valence-corrected chi connectivity index (χ2v) is 12.5. The van der Waals surface area contributed by atoms with Crippen molar-refractivity contribution in [3.63, 3.8) is 0 Å². The third kappa shape index (κ3) is 3.61. The summed E-state index contributed by atoms with van der Waals surface area (Å²) in [5, 5.41) is 0. The molecule has 5 aromatic rings. The van der Waals surface area contributed by atoms with Crippen molar-refractivity contribution in [3.8, 4) is 0 Å². The summed E-state index contributed by atoms with van der Waals surface area (Å²) < 4.78 is 10.4. The van der Waals surface area contributed by atoms with Crippen molar-refractivity contribution in [1.29, 1.82) is 0 Å². The number of hydrogen-bond donors (Lipinski definition) is 0. The lowest BCUT2D eigenvalue weighted by Crippen LogP contribution is -2.15. The smallest absolute Gasteiger partial charge is 0.0812 e. The van der Waals surface area contributed by atoms with E-state index in [1.54, 1.807) is 0 Å². The Labute approximate surface area is 201 Å². The van der Waals surface area contributed by atoms with E-state index in [0.29, 0.717) is 6.04 Å². The van der Waals surface area contributed by atoms with Crippen LogP contribution in [0, 0.1) is 0 Å². The lowest BCUT2D eigenvalue weighted by Gasteiger charge is -2.28. The molecule has 32 heavy (non-hydrogen) atoms. The van der Waals surface area contributed by atoms with Crippen LogP contribution in [0.15, 0.2) is 60.7 Å². The monoisotopic (exact) mass is 494 g/mol. The first-order valence-corrected chi connectivity index (χ1v) is 14.3. The summed E-state index contributed by atoms with van der Waals surface area (Å²) in [5.41, 5.74) is 6.16. The van der Waals surface area contributed by atoms with Gasteiger partial charge in [0.05, 0.1) is 40.9 Å². The zero-order valence-electron chi connectivity index (χ0n) is 18.0. The van der Waals surface area contributed by atoms with E-state index in [1.165, 1.54) is 79.4 Å². The Morgan fingerprint density at radius 3 is 2.09 bits per heavy atom. The van der Waals surface area contributed by atoms with Gasteiger partial charge in [-0.15, -0.1) is 31.9 Å². The van der Waals surface area contributed by atoms with Crippen molar-refractivity contribution < 1.29 is 0 Å². The van der Waals surface area contributed by atoms with Crippen molar-refractivity contribution in [3.05, 3.63) is 60.7 Å². The number of hydrogen-bond acceptors (Lipinski definition) is 2. The van der Waals surface area contributed by atoms with Gasteiger partial charge in [-0.05, 0) is 77.1 Å². The maximum atomic E-state index is 3.07. The summed E-state index contributed by atoms with van der Waals surface area (Å²) >= 11 is 3.83. The standard InChI is InChI=1S/C26H28N2P2S2/c29-18-9-5-7-17(8-6-10-18)27-19-11-1-3-13-22(19)32-26-21(27)15-16-24-25(26)28(30)20-12-2-4-14-23(20)31-24/h1-4,11-18H,5-10,29-30H2. The predicted molar refractivity (Wildman–Crippen MR) is 151 cm³/mol. The van der Waals surface area contributed by atoms with Gasteiger partial charge in [-0.1, -0.05) is 37.1 Å². The molecule has 3 aromatic carbocycles. The van der Waals surface area contributed by atoms with Gasteiger partial charge >= 0.3 is 0 Å². The Morgan fingerprint density at radius 2 is 1.34 bits per heavy atom. The third-order valence-corrected chi connectivity index (χ3v) is 10.3. The molecule has 0 N–H and O–H groups in total. The fourth-order valence-electron chi connectivity index (χ4n) is 5.28. The van der Waals surface area contributed by atoms with Crippen LogP contribution in [0.5, 0.6) is 0 Å². The van der Waals surface area contributed by atoms with Gasteiger partial charge < -0.3 is 8.90 Å². The Kier molecular flexibility index (Phi) is 5.76. The molecule has 1 saturated carbocycles. The summed E-state index contributed by atoms with van der Waals surface area (Å²) in [4.78, 5) is 0. The molecule has 6 heteroatoms. The fourth-order valence-corrected chi connectivity index (χ4v) is 8.89. The molecule has 2 atom stereocenters. The van der Waals surface area contributed by atoms with Gasteiger partial charge in [0, 0.05) is 6.04 Å². The van der Waals surface area contributed by atoms with Crippen LogP contribution in [0.25, 0.3) is 40.9 Å². The minimum atomic E-state index is 0.563. The summed E-state index contributed by atoms with van der Waals surface area (Å²) in [6.07, 6.45) is 7.81. The zero-order valence-corrected chi connectivity index (χ0v) is 22.0. The van der Waals surface area contributed by atoms with E-state index in [1.807, 2.05) is 22.7 Å². The Bertz CT molecular complexity index is 1480. The number of rotatable bonds is 1. The first-order chi connectivity index (χ1) is 15.7. The van der Waals surface area contributed by atoms with Crippen molar-refractivity contribution >= 4 is 82.2 Å². The van der Waals surface area contributed by atoms with Crippen molar-refractivity contribution in [1.82, 2.24) is 8.90 Å². The van der Waals surface area contributed by atoms with Gasteiger partial charge in [0.2, 0.25) is 0 Å². The van der Waals surface area contributed by atoms with E-state index < -0.39 is 0 Å². The van der Waals surface area contributed by atoms with Crippen LogP contribution in [0.4, 0.5) is 0 Å². The van der Waals surface area contributed by atoms with Gasteiger partial charge in [-0.3, -0.25) is 0 Å². The van der Waals surface area contributed by atoms with Gasteiger partial charge in [0.15, 0.2) is 0 Å². The second-order valence-electron chi connectivity index (χ2n) is 8.92. The Hall–Kier alpha value is -1.44. The minimum absolute atomic E-state index is 0.563. The van der Waals surface area contributed by atoms with Crippen molar-refractivity contribution in [2.24, 2.45) is 0 Å². The highest BCUT2D eigenvalue weighted by atomic mass is 32.1. The highest BCUT2D eigenvalue weighted by Crippen LogP contribution is 2.41. The first-order valence-electron chi connectivity index (χ1n) is 11.5. The molecule has 1 fully saturated rings. The molecule has 0 aliphatic heterocycles. The van der Waals surface area contributed by atoms with E-state index in [2.05, 4.69) is 88.2 Å². The molecule has 2 unspecified atom stereocenters. The maximum Gasteiger partial charge on any atom is 0.0812 e. The lowest BCUT2D eigenvalue weighted by atomic mass is 9.95. The van der Waals surface area contributed by atoms with E-state index in [4.69, 9.17) is 0 Å². The SMILES string of the molecule is PC1CCCC(n2c3ccccc3sc3c4c(ccc32)sc2ccccc2n4P)CCC1. The third-order valence-electron chi connectivity index (χ3n) is 6.85. The fraction of sp³-hybridized carbons (Fsp3) is 0.308. The average Bonchev–Trinajstić information content (AvgIpc) is 2.80. The molecular formula is C26H28N2P2S2. The second kappa shape index (κ2) is 8.73. The lowest BCUT2D eigenvalue weighted by molar-refractivity contribution is 0.389. The molecule has 0 bridgehead atoms. The quantitative estimate of drug-likeness (QED) is 0.125. The highest BCUT2D eigenvalue weighted by Gasteiger charge is 2.20. The van der Waals surface area contributed by atoms with E-state index in [-0.39, 0.29) is 0 Å². The summed E-state index contributed by atoms with van der Waals surface area (Å²) in [6, 6.07) is 23.0. The van der Waals surface area contributed by atoms with E-state index in [0.717, 1.165) is 5.66 Å². The molecule has 2 heterocycles. The van der Waals surface area contributed by atoms with Gasteiger partial charge in [-0.2, -0.15) is 0 Å². The summed E-state index contributed by atoms with van der Waals surface area (Å²) in [7, 11) is 6.06. The maximum absolute atomic E-state index is 3.07. The number of aromatic nitrogens is 2. The topological polar surface area (TPSA) is 9.86 Å². The van der Waals surface area contributed by atoms with Crippen LogP contribution in [-0.4, -0.2) is 14.6 Å². The van der Waals surface area contributed by atoms with Crippen LogP contribution < -0.4 is 0 Å². The van der Waals surface area contributed by atoms with Crippen LogP contribution >= 0.6 is 41.3 Å². The van der Waals surface area contributed by atoms with Crippen molar-refractivity contribution in [2.45, 2.75) is 50.2 Å². The first kappa shape index (κ1) is 21.1. The molecule has 164 valence electrons. The molecule has 0 spiro atoms. The highest BCUT2D eigenvalue weighted by molar-refractivity contribution is 7.28. The van der Waals surface area contributed by atoms with Gasteiger partial charge in [-0.25, -0.2) is 0 Å². The average molecular weight is 495 g/mol. The normalized spacial score (nSPS) is 20.1. The van der Waals surface area contributed by atoms with Crippen molar-refractivity contribution in [2.75, 3.05) is 0 Å². The molecule has 1 aliphatic carbocycles. The minimum Gasteiger partial charge on any atom is -0.336 e.